The molecule has 0 aliphatic carbocycles. The molecule has 1 heterocycles. The zero-order valence-corrected chi connectivity index (χ0v) is 10.1. The molecule has 0 fully saturated rings. The Morgan fingerprint density at radius 3 is 2.81 bits per heavy atom. The van der Waals surface area contributed by atoms with Gasteiger partial charge < -0.3 is 15.6 Å². The number of nitrogens with zero attached hydrogens (tertiary/aromatic N) is 2. The van der Waals surface area contributed by atoms with E-state index < -0.39 is 6.04 Å². The van der Waals surface area contributed by atoms with Crippen LogP contribution >= 0.6 is 0 Å². The van der Waals surface area contributed by atoms with Crippen LogP contribution in [0, 0.1) is 12.8 Å². The second kappa shape index (κ2) is 5.65. The second-order valence-corrected chi connectivity index (χ2v) is 4.27. The number of nitrogens with two attached hydrogens (primary N) is 1. The third kappa shape index (κ3) is 3.66. The first kappa shape index (κ1) is 12.7. The quantitative estimate of drug-likeness (QED) is 0.755. The fourth-order valence-corrected chi connectivity index (χ4v) is 1.43. The van der Waals surface area contributed by atoms with Gasteiger partial charge in [0.25, 0.3) is 0 Å². The zero-order valence-electron chi connectivity index (χ0n) is 10.1. The minimum Gasteiger partial charge on any atom is -0.354 e. The molecule has 0 saturated heterocycles. The smallest absolute Gasteiger partial charge is 0.236 e. The van der Waals surface area contributed by atoms with Crippen molar-refractivity contribution in [2.45, 2.75) is 33.4 Å². The van der Waals surface area contributed by atoms with Crippen LogP contribution in [0.15, 0.2) is 12.4 Å². The SMILES string of the molecule is Cc1nccn1CC(C)CNC(=O)C(C)N. The maximum Gasteiger partial charge on any atom is 0.236 e. The molecule has 2 unspecified atom stereocenters. The number of rotatable bonds is 5. The average molecular weight is 224 g/mol. The lowest BCUT2D eigenvalue weighted by atomic mass is 10.1. The molecule has 1 amide bonds. The summed E-state index contributed by atoms with van der Waals surface area (Å²) in [6.07, 6.45) is 3.72. The Hall–Kier alpha value is -1.36. The van der Waals surface area contributed by atoms with Crippen LogP contribution in [0.3, 0.4) is 0 Å². The number of aryl methyl sites for hydroxylation is 1. The summed E-state index contributed by atoms with van der Waals surface area (Å²) in [6.45, 7) is 7.22. The van der Waals surface area contributed by atoms with Crippen molar-refractivity contribution in [3.63, 3.8) is 0 Å². The van der Waals surface area contributed by atoms with Gasteiger partial charge in [0.2, 0.25) is 5.91 Å². The Morgan fingerprint density at radius 1 is 1.62 bits per heavy atom. The van der Waals surface area contributed by atoms with Crippen molar-refractivity contribution >= 4 is 5.91 Å². The van der Waals surface area contributed by atoms with E-state index in [1.807, 2.05) is 13.1 Å². The van der Waals surface area contributed by atoms with Crippen LogP contribution < -0.4 is 11.1 Å². The molecule has 1 aromatic rings. The Morgan fingerprint density at radius 2 is 2.31 bits per heavy atom. The van der Waals surface area contributed by atoms with Crippen LogP contribution in [0.1, 0.15) is 19.7 Å². The van der Waals surface area contributed by atoms with Crippen molar-refractivity contribution in [2.24, 2.45) is 11.7 Å². The monoisotopic (exact) mass is 224 g/mol. The molecule has 0 aromatic carbocycles. The molecule has 0 spiro atoms. The van der Waals surface area contributed by atoms with E-state index in [1.54, 1.807) is 13.1 Å². The summed E-state index contributed by atoms with van der Waals surface area (Å²) in [4.78, 5) is 15.4. The fraction of sp³-hybridized carbons (Fsp3) is 0.636. The lowest BCUT2D eigenvalue weighted by Gasteiger charge is -2.15. The lowest BCUT2D eigenvalue weighted by Crippen LogP contribution is -2.40. The first-order chi connectivity index (χ1) is 7.50. The Kier molecular flexibility index (Phi) is 4.49. The molecule has 3 N–H and O–H groups in total. The summed E-state index contributed by atoms with van der Waals surface area (Å²) in [5.41, 5.74) is 5.46. The third-order valence-electron chi connectivity index (χ3n) is 2.47. The highest BCUT2D eigenvalue weighted by Gasteiger charge is 2.10. The van der Waals surface area contributed by atoms with Crippen LogP contribution in [0.2, 0.25) is 0 Å². The molecular weight excluding hydrogens is 204 g/mol. The highest BCUT2D eigenvalue weighted by Crippen LogP contribution is 2.02. The van der Waals surface area contributed by atoms with Gasteiger partial charge in [-0.25, -0.2) is 4.98 Å². The van der Waals surface area contributed by atoms with E-state index in [-0.39, 0.29) is 5.91 Å². The minimum atomic E-state index is -0.442. The van der Waals surface area contributed by atoms with Gasteiger partial charge in [0, 0.05) is 25.5 Å². The van der Waals surface area contributed by atoms with E-state index in [1.165, 1.54) is 0 Å². The summed E-state index contributed by atoms with van der Waals surface area (Å²) < 4.78 is 2.07. The van der Waals surface area contributed by atoms with Gasteiger partial charge >= 0.3 is 0 Å². The Bertz CT molecular complexity index is 346. The average Bonchev–Trinajstić information content (AvgIpc) is 2.60. The topological polar surface area (TPSA) is 72.9 Å². The number of imidazole rings is 1. The molecule has 1 rings (SSSR count). The lowest BCUT2D eigenvalue weighted by molar-refractivity contribution is -0.122. The van der Waals surface area contributed by atoms with Crippen LogP contribution in [0.25, 0.3) is 0 Å². The van der Waals surface area contributed by atoms with E-state index in [0.29, 0.717) is 12.5 Å². The molecule has 0 bridgehead atoms. The molecule has 1 aromatic heterocycles. The number of aromatic nitrogens is 2. The Balaban J connectivity index is 2.34. The molecule has 0 aliphatic rings. The van der Waals surface area contributed by atoms with Crippen molar-refractivity contribution < 1.29 is 4.79 Å². The summed E-state index contributed by atoms with van der Waals surface area (Å²) in [5, 5.41) is 2.82. The van der Waals surface area contributed by atoms with Crippen molar-refractivity contribution in [1.29, 1.82) is 0 Å². The van der Waals surface area contributed by atoms with Crippen molar-refractivity contribution in [3.8, 4) is 0 Å². The zero-order chi connectivity index (χ0) is 12.1. The standard InChI is InChI=1S/C11H20N4O/c1-8(6-14-11(16)9(2)12)7-15-5-4-13-10(15)3/h4-5,8-9H,6-7,12H2,1-3H3,(H,14,16). The minimum absolute atomic E-state index is 0.103. The van der Waals surface area contributed by atoms with Gasteiger partial charge in [-0.1, -0.05) is 6.92 Å². The van der Waals surface area contributed by atoms with Gasteiger partial charge in [-0.15, -0.1) is 0 Å². The number of hydrogen-bond acceptors (Lipinski definition) is 3. The van der Waals surface area contributed by atoms with Crippen LogP contribution in [-0.4, -0.2) is 28.0 Å². The maximum atomic E-state index is 11.3. The van der Waals surface area contributed by atoms with Crippen LogP contribution in [0.4, 0.5) is 0 Å². The number of nitrogens with one attached hydrogen (secondary N) is 1. The van der Waals surface area contributed by atoms with Gasteiger partial charge in [-0.05, 0) is 19.8 Å². The van der Waals surface area contributed by atoms with Crippen LogP contribution in [-0.2, 0) is 11.3 Å². The summed E-state index contributed by atoms with van der Waals surface area (Å²) in [7, 11) is 0. The van der Waals surface area contributed by atoms with Crippen LogP contribution in [0.5, 0.6) is 0 Å². The predicted molar refractivity (Wildman–Crippen MR) is 62.8 cm³/mol. The fourth-order valence-electron chi connectivity index (χ4n) is 1.43. The van der Waals surface area contributed by atoms with E-state index in [2.05, 4.69) is 21.8 Å². The second-order valence-electron chi connectivity index (χ2n) is 4.27. The number of carbonyl (C=O) groups excluding carboxylic acids is 1. The van der Waals surface area contributed by atoms with Gasteiger partial charge in [0.1, 0.15) is 5.82 Å². The predicted octanol–water partition coefficient (Wildman–Crippen LogP) is 0.291. The maximum absolute atomic E-state index is 11.3. The first-order valence-electron chi connectivity index (χ1n) is 5.51. The van der Waals surface area contributed by atoms with Gasteiger partial charge in [-0.2, -0.15) is 0 Å². The van der Waals surface area contributed by atoms with Gasteiger partial charge in [0.15, 0.2) is 0 Å². The number of carbonyl (C=O) groups is 1. The summed E-state index contributed by atoms with van der Waals surface area (Å²) >= 11 is 0. The van der Waals surface area contributed by atoms with Crippen molar-refractivity contribution in [2.75, 3.05) is 6.54 Å². The Labute approximate surface area is 96.0 Å². The molecule has 0 saturated carbocycles. The molecule has 16 heavy (non-hydrogen) atoms. The number of hydrogen-bond donors (Lipinski definition) is 2. The molecule has 2 atom stereocenters. The normalized spacial score (nSPS) is 14.5. The van der Waals surface area contributed by atoms with E-state index >= 15 is 0 Å². The molecule has 5 nitrogen and oxygen atoms in total. The largest absolute Gasteiger partial charge is 0.354 e. The molecule has 0 aliphatic heterocycles. The molecule has 5 heteroatoms. The number of amides is 1. The molecular formula is C11H20N4O. The van der Waals surface area contributed by atoms with Gasteiger partial charge in [-0.3, -0.25) is 4.79 Å². The van der Waals surface area contributed by atoms with Gasteiger partial charge in [0.05, 0.1) is 6.04 Å². The summed E-state index contributed by atoms with van der Waals surface area (Å²) in [5.74, 6) is 1.25. The van der Waals surface area contributed by atoms with E-state index in [4.69, 9.17) is 5.73 Å². The van der Waals surface area contributed by atoms with E-state index in [9.17, 15) is 4.79 Å². The van der Waals surface area contributed by atoms with Crippen molar-refractivity contribution in [1.82, 2.24) is 14.9 Å². The van der Waals surface area contributed by atoms with E-state index in [0.717, 1.165) is 12.4 Å². The first-order valence-corrected chi connectivity index (χ1v) is 5.51. The highest BCUT2D eigenvalue weighted by atomic mass is 16.2. The summed E-state index contributed by atoms with van der Waals surface area (Å²) in [6, 6.07) is -0.442. The third-order valence-corrected chi connectivity index (χ3v) is 2.47. The molecule has 0 radical (unpaired) electrons. The molecule has 90 valence electrons. The highest BCUT2D eigenvalue weighted by molar-refractivity contribution is 5.80. The van der Waals surface area contributed by atoms with Crippen molar-refractivity contribution in [3.05, 3.63) is 18.2 Å².